The Labute approximate surface area is 281 Å². The van der Waals surface area contributed by atoms with E-state index in [4.69, 9.17) is 32.0 Å². The van der Waals surface area contributed by atoms with Gasteiger partial charge in [0.1, 0.15) is 30.2 Å². The van der Waals surface area contributed by atoms with E-state index < -0.39 is 38.2 Å². The van der Waals surface area contributed by atoms with Gasteiger partial charge in [-0.1, -0.05) is 36.7 Å². The van der Waals surface area contributed by atoms with E-state index in [0.717, 1.165) is 0 Å². The summed E-state index contributed by atoms with van der Waals surface area (Å²) < 4.78 is 23.7. The Morgan fingerprint density at radius 2 is 1.91 bits per heavy atom. The summed E-state index contributed by atoms with van der Waals surface area (Å²) >= 11 is 6.14. The number of ether oxygens (including phenoxy) is 1. The van der Waals surface area contributed by atoms with Crippen molar-refractivity contribution in [3.8, 4) is 0 Å². The van der Waals surface area contributed by atoms with Crippen molar-refractivity contribution < 1.29 is 18.6 Å². The van der Waals surface area contributed by atoms with Gasteiger partial charge in [0.2, 0.25) is 12.5 Å². The molecule has 1 unspecified atom stereocenters. The van der Waals surface area contributed by atoms with E-state index in [0.29, 0.717) is 35.1 Å². The maximum Gasteiger partial charge on any atom is 0.351 e. The van der Waals surface area contributed by atoms with Gasteiger partial charge in [0.15, 0.2) is 6.23 Å². The van der Waals surface area contributed by atoms with Gasteiger partial charge in [0.25, 0.3) is 14.4 Å². The van der Waals surface area contributed by atoms with Crippen molar-refractivity contribution in [2.45, 2.75) is 84.0 Å². The first-order valence-electron chi connectivity index (χ1n) is 15.6. The van der Waals surface area contributed by atoms with Crippen molar-refractivity contribution in [2.24, 2.45) is 0 Å². The summed E-state index contributed by atoms with van der Waals surface area (Å²) in [5, 5.41) is 3.16. The van der Waals surface area contributed by atoms with Crippen LogP contribution >= 0.6 is 20.1 Å². The number of nitrogens with zero attached hydrogens (tertiary/aromatic N) is 7. The van der Waals surface area contributed by atoms with Gasteiger partial charge < -0.3 is 28.8 Å². The van der Waals surface area contributed by atoms with Gasteiger partial charge in [-0.2, -0.15) is 4.98 Å². The number of carbonyl (C=O) groups excluding carboxylic acids is 1. The molecule has 2 bridgehead atoms. The number of benzene rings is 1. The molecule has 15 heteroatoms. The van der Waals surface area contributed by atoms with Crippen molar-refractivity contribution >= 4 is 37.8 Å². The van der Waals surface area contributed by atoms with Crippen LogP contribution in [-0.2, 0) is 13.8 Å². The highest BCUT2D eigenvalue weighted by Crippen LogP contribution is 2.57. The van der Waals surface area contributed by atoms with Crippen LogP contribution in [0.4, 0.5) is 11.8 Å². The number of anilines is 2. The number of hydrogen-bond donors (Lipinski definition) is 1. The van der Waals surface area contributed by atoms with E-state index in [9.17, 15) is 9.59 Å². The molecule has 3 aromatic rings. The van der Waals surface area contributed by atoms with Crippen LogP contribution < -0.4 is 15.9 Å². The van der Waals surface area contributed by atoms with Crippen LogP contribution in [0.1, 0.15) is 63.2 Å². The van der Waals surface area contributed by atoms with Gasteiger partial charge in [-0.15, -0.1) is 0 Å². The summed E-state index contributed by atoms with van der Waals surface area (Å²) in [5.74, 6) is 0.217. The summed E-state index contributed by atoms with van der Waals surface area (Å²) in [6, 6.07) is 8.34. The lowest BCUT2D eigenvalue weighted by atomic mass is 9.96. The third-order valence-electron chi connectivity index (χ3n) is 8.27. The Bertz CT molecular complexity index is 1650. The lowest BCUT2D eigenvalue weighted by Crippen LogP contribution is -2.48. The molecule has 2 aromatic heterocycles. The van der Waals surface area contributed by atoms with Gasteiger partial charge in [0, 0.05) is 29.4 Å². The lowest BCUT2D eigenvalue weighted by Gasteiger charge is -2.38. The van der Waals surface area contributed by atoms with E-state index >= 15 is 0 Å². The third kappa shape index (κ3) is 7.18. The number of hydrogen-bond acceptors (Lipinski definition) is 10. The van der Waals surface area contributed by atoms with Crippen LogP contribution in [0.2, 0.25) is 5.02 Å². The van der Waals surface area contributed by atoms with E-state index in [-0.39, 0.29) is 37.0 Å². The topological polar surface area (TPSA) is 128 Å². The molecule has 13 nitrogen and oxygen atoms in total. The van der Waals surface area contributed by atoms with Crippen LogP contribution in [0, 0.1) is 13.5 Å². The largest absolute Gasteiger partial charge is 0.351 e. The number of rotatable bonds is 13. The molecule has 2 saturated heterocycles. The quantitative estimate of drug-likeness (QED) is 0.141. The highest BCUT2D eigenvalue weighted by molar-refractivity contribution is 7.44. The fraction of sp³-hybridized carbons (Fsp3) is 0.500. The first-order chi connectivity index (χ1) is 22.5. The zero-order chi connectivity index (χ0) is 33.9. The normalized spacial score (nSPS) is 22.7. The van der Waals surface area contributed by atoms with Crippen LogP contribution in [0.25, 0.3) is 4.85 Å². The van der Waals surface area contributed by atoms with Crippen molar-refractivity contribution in [3.05, 3.63) is 87.0 Å². The number of carbonyl (C=O) groups is 1. The van der Waals surface area contributed by atoms with Gasteiger partial charge >= 0.3 is 5.69 Å². The number of aryl methyl sites for hydroxylation is 1. The van der Waals surface area contributed by atoms with Crippen LogP contribution in [-0.4, -0.2) is 79.6 Å². The smallest absolute Gasteiger partial charge is 0.344 e. The maximum atomic E-state index is 13.7. The number of fused-ring (bicyclic) bond motifs is 2. The Kier molecular flexibility index (Phi) is 10.9. The number of halogens is 1. The van der Waals surface area contributed by atoms with Crippen LogP contribution in [0.3, 0.4) is 0 Å². The molecule has 47 heavy (non-hydrogen) atoms. The predicted octanol–water partition coefficient (Wildman–Crippen LogP) is 5.48. The average Bonchev–Trinajstić information content (AvgIpc) is 3.52. The third-order valence-corrected chi connectivity index (χ3v) is 10.6. The molecule has 1 amide bonds. The predicted molar refractivity (Wildman–Crippen MR) is 180 cm³/mol. The first kappa shape index (κ1) is 34.8. The molecule has 2 aliphatic rings. The van der Waals surface area contributed by atoms with E-state index in [1.54, 1.807) is 37.4 Å². The molecule has 0 saturated carbocycles. The summed E-state index contributed by atoms with van der Waals surface area (Å²) in [4.78, 5) is 45.3. The Morgan fingerprint density at radius 1 is 1.23 bits per heavy atom. The second kappa shape index (κ2) is 14.7. The standard InChI is InChI=1S/C32H40ClN8O5P/c1-8-32-19-40(30-35-16-24(33)17-36-30)25(26(32)46-47(44-15-14-34-7)41(20(2)3)21(4)5)29(45-32)39-18-22(6)27(38-31(39)43)37-28(42)23-12-10-9-11-13-23/h9-13,16-18,20-21,25-26,29H,8,14-15,19H2,1-6H3,(H,37,38,42,43)/t25-,26+,29-,32+,47?/m1/s1. The minimum atomic E-state index is -1.64. The van der Waals surface area contributed by atoms with Gasteiger partial charge in [-0.25, -0.2) is 26.0 Å². The van der Waals surface area contributed by atoms with Gasteiger partial charge in [-0.3, -0.25) is 9.36 Å². The van der Waals surface area contributed by atoms with Crippen molar-refractivity contribution in [1.29, 1.82) is 0 Å². The molecule has 1 N–H and O–H groups in total. The summed E-state index contributed by atoms with van der Waals surface area (Å²) in [5.41, 5.74) is -0.437. The molecule has 1 aromatic carbocycles. The number of morpholine rings is 1. The Balaban J connectivity index is 1.54. The zero-order valence-electron chi connectivity index (χ0n) is 27.3. The molecule has 2 fully saturated rings. The number of nitrogens with one attached hydrogen (secondary N) is 1. The average molecular weight is 683 g/mol. The minimum Gasteiger partial charge on any atom is -0.344 e. The minimum absolute atomic E-state index is 0.0891. The van der Waals surface area contributed by atoms with Crippen molar-refractivity contribution in [2.75, 3.05) is 29.9 Å². The first-order valence-corrected chi connectivity index (χ1v) is 17.1. The summed E-state index contributed by atoms with van der Waals surface area (Å²) in [6.45, 7) is 20.2. The van der Waals surface area contributed by atoms with Crippen LogP contribution in [0.5, 0.6) is 0 Å². The van der Waals surface area contributed by atoms with Crippen molar-refractivity contribution in [1.82, 2.24) is 24.2 Å². The molecule has 0 aliphatic carbocycles. The number of amides is 1. The summed E-state index contributed by atoms with van der Waals surface area (Å²) in [7, 11) is -1.64. The second-order valence-corrected chi connectivity index (χ2v) is 13.9. The highest BCUT2D eigenvalue weighted by atomic mass is 35.5. The van der Waals surface area contributed by atoms with Crippen molar-refractivity contribution in [3.63, 3.8) is 0 Å². The highest BCUT2D eigenvalue weighted by Gasteiger charge is 2.66. The number of aromatic nitrogens is 4. The SMILES string of the molecule is [C-]#[N+]CCOP(O[C@H]1[C@@H]2[C@H](n3cc(C)c(NC(=O)c4ccccc4)nc3=O)O[C@@]1(CC)CN2c1ncc(Cl)cn1)N(C(C)C)C(C)C. The second-order valence-electron chi connectivity index (χ2n) is 12.1. The molecular formula is C32H40ClN8O5P. The van der Waals surface area contributed by atoms with E-state index in [2.05, 4.69) is 57.5 Å². The molecule has 250 valence electrons. The molecule has 0 spiro atoms. The molecule has 2 aliphatic heterocycles. The van der Waals surface area contributed by atoms with E-state index in [1.165, 1.54) is 17.0 Å². The molecule has 0 radical (unpaired) electrons. The molecule has 4 heterocycles. The van der Waals surface area contributed by atoms with E-state index in [1.807, 2.05) is 17.9 Å². The fourth-order valence-electron chi connectivity index (χ4n) is 6.14. The fourth-order valence-corrected chi connectivity index (χ4v) is 8.05. The van der Waals surface area contributed by atoms with Crippen LogP contribution in [0.15, 0.2) is 53.7 Å². The maximum absolute atomic E-state index is 13.7. The Hall–Kier alpha value is -3.50. The molecule has 5 atom stereocenters. The molecular weight excluding hydrogens is 643 g/mol. The Morgan fingerprint density at radius 3 is 2.53 bits per heavy atom. The zero-order valence-corrected chi connectivity index (χ0v) is 29.0. The lowest BCUT2D eigenvalue weighted by molar-refractivity contribution is -0.104. The summed E-state index contributed by atoms with van der Waals surface area (Å²) in [6.07, 6.45) is 3.85. The molecule has 5 rings (SSSR count). The van der Waals surface area contributed by atoms with Gasteiger partial charge in [0.05, 0.1) is 24.0 Å². The monoisotopic (exact) mass is 682 g/mol. The van der Waals surface area contributed by atoms with Gasteiger partial charge in [-0.05, 0) is 53.2 Å².